The molecule has 0 saturated carbocycles. The van der Waals surface area contributed by atoms with E-state index in [9.17, 15) is 14.9 Å². The fourth-order valence-electron chi connectivity index (χ4n) is 2.52. The van der Waals surface area contributed by atoms with Crippen molar-refractivity contribution < 1.29 is 24.1 Å². The van der Waals surface area contributed by atoms with Crippen molar-refractivity contribution in [2.24, 2.45) is 0 Å². The molecule has 0 aliphatic rings. The maximum absolute atomic E-state index is 15.2. The number of non-ortho nitro benzene ring substituents is 1. The molecule has 0 aromatic heterocycles. The summed E-state index contributed by atoms with van der Waals surface area (Å²) in [6, 6.07) is 12.6. The van der Waals surface area contributed by atoms with Crippen LogP contribution < -0.4 is 15.5 Å². The van der Waals surface area contributed by atoms with E-state index >= 15 is 4.39 Å². The third-order valence-electron chi connectivity index (χ3n) is 3.90. The van der Waals surface area contributed by atoms with Crippen LogP contribution in [0.3, 0.4) is 0 Å². The maximum atomic E-state index is 15.2. The van der Waals surface area contributed by atoms with Gasteiger partial charge in [0.15, 0.2) is 11.6 Å². The number of nitro benzene ring substituents is 1. The van der Waals surface area contributed by atoms with E-state index in [0.29, 0.717) is 5.69 Å². The van der Waals surface area contributed by atoms with Crippen LogP contribution in [0.15, 0.2) is 54.6 Å². The molecule has 154 valence electrons. The third-order valence-corrected chi connectivity index (χ3v) is 4.88. The molecule has 0 fully saturated rings. The van der Waals surface area contributed by atoms with Crippen LogP contribution >= 0.6 is 34.2 Å². The molecule has 0 radical (unpaired) electrons. The Bertz CT molecular complexity index is 1150. The minimum atomic E-state index is -0.961. The molecule has 0 bridgehead atoms. The number of rotatable bonds is 6. The van der Waals surface area contributed by atoms with E-state index in [4.69, 9.17) is 21.5 Å². The van der Waals surface area contributed by atoms with E-state index in [-0.39, 0.29) is 33.5 Å². The van der Waals surface area contributed by atoms with Crippen molar-refractivity contribution >= 4 is 57.2 Å². The topological polar surface area (TPSA) is 114 Å². The highest BCUT2D eigenvalue weighted by Crippen LogP contribution is 2.36. The van der Waals surface area contributed by atoms with E-state index in [1.807, 2.05) is 0 Å². The summed E-state index contributed by atoms with van der Waals surface area (Å²) in [5, 5.41) is 22.9. The number of hydrogen-bond acceptors (Lipinski definition) is 6. The van der Waals surface area contributed by atoms with E-state index in [0.717, 1.165) is 9.64 Å². The summed E-state index contributed by atoms with van der Waals surface area (Å²) in [4.78, 5) is 22.3. The lowest BCUT2D eigenvalue weighted by Gasteiger charge is -2.16. The van der Waals surface area contributed by atoms with Gasteiger partial charge < -0.3 is 10.1 Å². The van der Waals surface area contributed by atoms with Crippen molar-refractivity contribution in [1.29, 1.82) is 0 Å². The first-order chi connectivity index (χ1) is 14.3. The van der Waals surface area contributed by atoms with Gasteiger partial charge in [-0.15, -0.1) is 0 Å². The molecule has 3 N–H and O–H groups in total. The van der Waals surface area contributed by atoms with Crippen LogP contribution in [-0.4, -0.2) is 16.0 Å². The average Bonchev–Trinajstić information content (AvgIpc) is 2.72. The fraction of sp³-hybridized carbons (Fsp3) is 0. The predicted molar refractivity (Wildman–Crippen MR) is 116 cm³/mol. The van der Waals surface area contributed by atoms with E-state index < -0.39 is 16.6 Å². The van der Waals surface area contributed by atoms with Gasteiger partial charge in [-0.2, -0.15) is 0 Å². The average molecular weight is 544 g/mol. The van der Waals surface area contributed by atoms with Gasteiger partial charge in [0.25, 0.3) is 11.6 Å². The molecule has 3 rings (SSSR count). The Hall–Kier alpha value is -2.96. The molecular weight excluding hydrogens is 532 g/mol. The smallest absolute Gasteiger partial charge is 0.276 e. The number of nitrogens with zero attached hydrogens (tertiary/aromatic N) is 1. The summed E-state index contributed by atoms with van der Waals surface area (Å²) in [7, 11) is 0. The normalized spacial score (nSPS) is 10.4. The standard InChI is InChI=1S/C19H12ClFIN3O5/c20-14-8-10(22)4-6-15(14)23-18-13(19(26)24-27)5-7-16(17(18)21)30-12-3-1-2-11(9-12)25(28)29/h1-9,23,27H,(H,24,26). The molecule has 0 atom stereocenters. The zero-order chi connectivity index (χ0) is 21.8. The van der Waals surface area contributed by atoms with Gasteiger partial charge in [-0.25, -0.2) is 9.87 Å². The zero-order valence-electron chi connectivity index (χ0n) is 14.9. The number of nitrogens with one attached hydrogen (secondary N) is 2. The molecule has 1 amide bonds. The number of nitro groups is 1. The molecule has 30 heavy (non-hydrogen) atoms. The second-order valence-corrected chi connectivity index (χ2v) is 7.50. The molecule has 11 heteroatoms. The minimum absolute atomic E-state index is 0.0284. The first kappa shape index (κ1) is 21.7. The van der Waals surface area contributed by atoms with Crippen LogP contribution in [0.4, 0.5) is 21.5 Å². The van der Waals surface area contributed by atoms with Gasteiger partial charge in [-0.05, 0) is 59.0 Å². The summed E-state index contributed by atoms with van der Waals surface area (Å²) in [6.45, 7) is 0. The summed E-state index contributed by atoms with van der Waals surface area (Å²) in [6.07, 6.45) is 0. The summed E-state index contributed by atoms with van der Waals surface area (Å²) >= 11 is 8.24. The number of benzene rings is 3. The minimum Gasteiger partial charge on any atom is -0.454 e. The summed E-state index contributed by atoms with van der Waals surface area (Å²) in [5.74, 6) is -2.19. The Morgan fingerprint density at radius 2 is 1.97 bits per heavy atom. The van der Waals surface area contributed by atoms with Crippen LogP contribution in [0.2, 0.25) is 5.02 Å². The third kappa shape index (κ3) is 4.78. The fourth-order valence-corrected chi connectivity index (χ4v) is 3.42. The Kier molecular flexibility index (Phi) is 6.70. The molecule has 3 aromatic carbocycles. The number of halogens is 3. The monoisotopic (exact) mass is 543 g/mol. The highest BCUT2D eigenvalue weighted by molar-refractivity contribution is 14.1. The van der Waals surface area contributed by atoms with Crippen LogP contribution in [-0.2, 0) is 0 Å². The highest BCUT2D eigenvalue weighted by atomic mass is 127. The molecule has 0 saturated heterocycles. The summed E-state index contributed by atoms with van der Waals surface area (Å²) < 4.78 is 21.5. The molecule has 0 aliphatic heterocycles. The highest BCUT2D eigenvalue weighted by Gasteiger charge is 2.21. The second kappa shape index (κ2) is 9.24. The molecule has 0 spiro atoms. The van der Waals surface area contributed by atoms with Crippen molar-refractivity contribution in [3.8, 4) is 11.5 Å². The van der Waals surface area contributed by atoms with Crippen molar-refractivity contribution in [2.75, 3.05) is 5.32 Å². The molecule has 3 aromatic rings. The number of carbonyl (C=O) groups is 1. The maximum Gasteiger partial charge on any atom is 0.276 e. The van der Waals surface area contributed by atoms with Crippen LogP contribution in [0.25, 0.3) is 0 Å². The number of hydrogen-bond donors (Lipinski definition) is 3. The van der Waals surface area contributed by atoms with Gasteiger partial charge >= 0.3 is 0 Å². The predicted octanol–water partition coefficient (Wildman–Crippen LogP) is 5.65. The van der Waals surface area contributed by atoms with Gasteiger partial charge in [-0.3, -0.25) is 20.1 Å². The Morgan fingerprint density at radius 3 is 2.63 bits per heavy atom. The first-order valence-corrected chi connectivity index (χ1v) is 9.67. The Morgan fingerprint density at radius 1 is 1.20 bits per heavy atom. The Labute approximate surface area is 187 Å². The van der Waals surface area contributed by atoms with Gasteiger partial charge in [0.1, 0.15) is 5.75 Å². The van der Waals surface area contributed by atoms with Gasteiger partial charge in [0.2, 0.25) is 0 Å². The number of hydroxylamine groups is 1. The van der Waals surface area contributed by atoms with Crippen LogP contribution in [0.1, 0.15) is 10.4 Å². The quantitative estimate of drug-likeness (QED) is 0.160. The van der Waals surface area contributed by atoms with Crippen molar-refractivity contribution in [2.45, 2.75) is 0 Å². The molecular formula is C19H12ClFIN3O5. The Balaban J connectivity index is 2.04. The number of amides is 1. The van der Waals surface area contributed by atoms with Crippen molar-refractivity contribution in [1.82, 2.24) is 5.48 Å². The lowest BCUT2D eigenvalue weighted by atomic mass is 10.1. The number of anilines is 2. The van der Waals surface area contributed by atoms with Gasteiger partial charge in [0, 0.05) is 9.64 Å². The zero-order valence-corrected chi connectivity index (χ0v) is 17.8. The molecule has 0 aliphatic carbocycles. The number of carbonyl (C=O) groups excluding carboxylic acids is 1. The molecule has 0 unspecified atom stereocenters. The van der Waals surface area contributed by atoms with Crippen molar-refractivity contribution in [3.05, 3.63) is 84.7 Å². The van der Waals surface area contributed by atoms with E-state index in [1.54, 1.807) is 18.2 Å². The van der Waals surface area contributed by atoms with E-state index in [2.05, 4.69) is 27.9 Å². The largest absolute Gasteiger partial charge is 0.454 e. The molecule has 0 heterocycles. The lowest BCUT2D eigenvalue weighted by molar-refractivity contribution is -0.384. The van der Waals surface area contributed by atoms with E-state index in [1.165, 1.54) is 35.8 Å². The first-order valence-electron chi connectivity index (χ1n) is 8.21. The lowest BCUT2D eigenvalue weighted by Crippen LogP contribution is -2.20. The van der Waals surface area contributed by atoms with Crippen molar-refractivity contribution in [3.63, 3.8) is 0 Å². The summed E-state index contributed by atoms with van der Waals surface area (Å²) in [5.41, 5.74) is 1.03. The number of ether oxygens (including phenoxy) is 1. The van der Waals surface area contributed by atoms with Gasteiger partial charge in [0.05, 0.1) is 33.0 Å². The van der Waals surface area contributed by atoms with Crippen LogP contribution in [0, 0.1) is 19.5 Å². The van der Waals surface area contributed by atoms with Crippen LogP contribution in [0.5, 0.6) is 11.5 Å². The second-order valence-electron chi connectivity index (χ2n) is 5.85. The van der Waals surface area contributed by atoms with Gasteiger partial charge in [-0.1, -0.05) is 17.7 Å². The molecule has 8 nitrogen and oxygen atoms in total. The SMILES string of the molecule is O=C(NO)c1ccc(Oc2cccc([N+](=O)[O-])c2)c(F)c1Nc1ccc(I)cc1Cl.